The maximum absolute atomic E-state index is 4.66. The monoisotopic (exact) mass is 395 g/mol. The fourth-order valence-corrected chi connectivity index (χ4v) is 3.53. The number of nitrogens with zero attached hydrogens (tertiary/aromatic N) is 7. The van der Waals surface area contributed by atoms with Crippen LogP contribution >= 0.6 is 0 Å². The molecule has 0 unspecified atom stereocenters. The number of hydrogen-bond donors (Lipinski definition) is 0. The first-order chi connectivity index (χ1) is 14.8. The Morgan fingerprint density at radius 1 is 0.933 bits per heavy atom. The van der Waals surface area contributed by atoms with Crippen molar-refractivity contribution >= 4 is 11.6 Å². The molecule has 5 rings (SSSR count). The largest absolute Gasteiger partial charge is 0.352 e. The summed E-state index contributed by atoms with van der Waals surface area (Å²) in [5.74, 6) is 2.46. The zero-order valence-electron chi connectivity index (χ0n) is 16.6. The SMILES string of the molecule is CN(Cc1nccn1Cc1ccccc1)c1cc(-c2ccccc2)nc2ncnn12. The molecule has 0 bridgehead atoms. The molecule has 148 valence electrons. The van der Waals surface area contributed by atoms with Gasteiger partial charge in [-0.2, -0.15) is 14.6 Å². The summed E-state index contributed by atoms with van der Waals surface area (Å²) in [7, 11) is 2.03. The van der Waals surface area contributed by atoms with E-state index < -0.39 is 0 Å². The summed E-state index contributed by atoms with van der Waals surface area (Å²) >= 11 is 0. The van der Waals surface area contributed by atoms with E-state index >= 15 is 0 Å². The van der Waals surface area contributed by atoms with E-state index in [0.29, 0.717) is 12.3 Å². The van der Waals surface area contributed by atoms with Gasteiger partial charge in [0, 0.05) is 37.6 Å². The lowest BCUT2D eigenvalue weighted by Gasteiger charge is -2.21. The molecule has 0 fully saturated rings. The Hall–Kier alpha value is -4.00. The molecule has 0 saturated carbocycles. The molecule has 0 spiro atoms. The van der Waals surface area contributed by atoms with Gasteiger partial charge >= 0.3 is 0 Å². The van der Waals surface area contributed by atoms with Crippen LogP contribution in [0.15, 0.2) is 85.5 Å². The molecule has 0 aliphatic carbocycles. The molecule has 7 heteroatoms. The van der Waals surface area contributed by atoms with Gasteiger partial charge in [0.05, 0.1) is 12.2 Å². The van der Waals surface area contributed by atoms with E-state index in [2.05, 4.69) is 53.8 Å². The molecule has 3 heterocycles. The number of fused-ring (bicyclic) bond motifs is 1. The van der Waals surface area contributed by atoms with E-state index in [-0.39, 0.29) is 0 Å². The maximum atomic E-state index is 4.66. The lowest BCUT2D eigenvalue weighted by molar-refractivity contribution is 0.698. The molecule has 0 aliphatic rings. The summed E-state index contributed by atoms with van der Waals surface area (Å²) < 4.78 is 3.93. The highest BCUT2D eigenvalue weighted by Gasteiger charge is 2.15. The van der Waals surface area contributed by atoms with E-state index in [9.17, 15) is 0 Å². The van der Waals surface area contributed by atoms with Gasteiger partial charge in [-0.3, -0.25) is 0 Å². The first-order valence-corrected chi connectivity index (χ1v) is 9.79. The van der Waals surface area contributed by atoms with E-state index in [1.807, 2.05) is 61.9 Å². The second-order valence-electron chi connectivity index (χ2n) is 7.15. The van der Waals surface area contributed by atoms with Crippen molar-refractivity contribution in [2.45, 2.75) is 13.1 Å². The fourth-order valence-electron chi connectivity index (χ4n) is 3.53. The minimum Gasteiger partial charge on any atom is -0.352 e. The van der Waals surface area contributed by atoms with Crippen molar-refractivity contribution < 1.29 is 0 Å². The highest BCUT2D eigenvalue weighted by molar-refractivity contribution is 5.65. The number of anilines is 1. The van der Waals surface area contributed by atoms with Gasteiger partial charge in [0.25, 0.3) is 5.78 Å². The highest BCUT2D eigenvalue weighted by Crippen LogP contribution is 2.24. The Morgan fingerprint density at radius 3 is 2.50 bits per heavy atom. The topological polar surface area (TPSA) is 64.1 Å². The minimum atomic E-state index is 0.575. The molecular formula is C23H21N7. The summed E-state index contributed by atoms with van der Waals surface area (Å²) in [6.07, 6.45) is 5.40. The normalized spacial score (nSPS) is 11.1. The second kappa shape index (κ2) is 7.79. The van der Waals surface area contributed by atoms with Crippen LogP contribution in [0.2, 0.25) is 0 Å². The van der Waals surface area contributed by atoms with Gasteiger partial charge in [0.2, 0.25) is 0 Å². The molecule has 7 nitrogen and oxygen atoms in total. The van der Waals surface area contributed by atoms with Crippen molar-refractivity contribution in [2.75, 3.05) is 11.9 Å². The van der Waals surface area contributed by atoms with Gasteiger partial charge < -0.3 is 9.47 Å². The fraction of sp³-hybridized carbons (Fsp3) is 0.130. The molecule has 0 amide bonds. The van der Waals surface area contributed by atoms with Crippen molar-refractivity contribution in [3.8, 4) is 11.3 Å². The number of aromatic nitrogens is 6. The Balaban J connectivity index is 1.47. The molecule has 5 aromatic rings. The van der Waals surface area contributed by atoms with E-state index in [4.69, 9.17) is 0 Å². The Morgan fingerprint density at radius 2 is 1.70 bits per heavy atom. The zero-order chi connectivity index (χ0) is 20.3. The standard InChI is InChI=1S/C23H21N7/c1-28(16-21-24-12-13-29(21)15-18-8-4-2-5-9-18)22-14-20(19-10-6-3-7-11-19)27-23-25-17-26-30(22)23/h2-14,17H,15-16H2,1H3. The molecule has 0 atom stereocenters. The van der Waals surface area contributed by atoms with Crippen molar-refractivity contribution in [1.82, 2.24) is 29.1 Å². The van der Waals surface area contributed by atoms with Crippen molar-refractivity contribution in [3.05, 3.63) is 96.8 Å². The van der Waals surface area contributed by atoms with Gasteiger partial charge in [0.1, 0.15) is 18.0 Å². The third-order valence-electron chi connectivity index (χ3n) is 5.07. The summed E-state index contributed by atoms with van der Waals surface area (Å²) in [6, 6.07) is 22.6. The first-order valence-electron chi connectivity index (χ1n) is 9.79. The average molecular weight is 395 g/mol. The van der Waals surface area contributed by atoms with E-state index in [1.54, 1.807) is 4.52 Å². The van der Waals surface area contributed by atoms with Gasteiger partial charge in [-0.15, -0.1) is 0 Å². The third-order valence-corrected chi connectivity index (χ3v) is 5.07. The van der Waals surface area contributed by atoms with Crippen LogP contribution in [0.1, 0.15) is 11.4 Å². The summed E-state index contributed by atoms with van der Waals surface area (Å²) in [5, 5.41) is 4.37. The van der Waals surface area contributed by atoms with Gasteiger partial charge in [-0.25, -0.2) is 9.97 Å². The lowest BCUT2D eigenvalue weighted by atomic mass is 10.1. The van der Waals surface area contributed by atoms with Crippen LogP contribution in [0.5, 0.6) is 0 Å². The Kier molecular flexibility index (Phi) is 4.69. The first kappa shape index (κ1) is 18.1. The number of hydrogen-bond acceptors (Lipinski definition) is 5. The second-order valence-corrected chi connectivity index (χ2v) is 7.15. The lowest BCUT2D eigenvalue weighted by Crippen LogP contribution is -2.22. The summed E-state index contributed by atoms with van der Waals surface area (Å²) in [4.78, 5) is 15.7. The Labute approximate surface area is 174 Å². The van der Waals surface area contributed by atoms with Crippen molar-refractivity contribution in [3.63, 3.8) is 0 Å². The summed E-state index contributed by atoms with van der Waals surface area (Å²) in [6.45, 7) is 1.42. The van der Waals surface area contributed by atoms with Gasteiger partial charge in [0.15, 0.2) is 0 Å². The van der Waals surface area contributed by atoms with Crippen LogP contribution in [0, 0.1) is 0 Å². The maximum Gasteiger partial charge on any atom is 0.254 e. The number of rotatable bonds is 6. The van der Waals surface area contributed by atoms with Crippen LogP contribution in [-0.4, -0.2) is 36.2 Å². The molecular weight excluding hydrogens is 374 g/mol. The van der Waals surface area contributed by atoms with Crippen LogP contribution in [-0.2, 0) is 13.1 Å². The average Bonchev–Trinajstić information content (AvgIpc) is 3.44. The van der Waals surface area contributed by atoms with Crippen LogP contribution < -0.4 is 4.90 Å². The molecule has 0 radical (unpaired) electrons. The smallest absolute Gasteiger partial charge is 0.254 e. The van der Waals surface area contributed by atoms with Gasteiger partial charge in [-0.1, -0.05) is 60.7 Å². The number of imidazole rings is 1. The van der Waals surface area contributed by atoms with Gasteiger partial charge in [-0.05, 0) is 5.56 Å². The predicted octanol–water partition coefficient (Wildman–Crippen LogP) is 3.67. The molecule has 2 aromatic carbocycles. The quantitative estimate of drug-likeness (QED) is 0.439. The molecule has 30 heavy (non-hydrogen) atoms. The Bertz CT molecular complexity index is 1260. The molecule has 0 N–H and O–H groups in total. The third kappa shape index (κ3) is 3.53. The summed E-state index contributed by atoms with van der Waals surface area (Å²) in [5.41, 5.74) is 3.15. The predicted molar refractivity (Wildman–Crippen MR) is 116 cm³/mol. The van der Waals surface area contributed by atoms with Crippen LogP contribution in [0.25, 0.3) is 17.0 Å². The van der Waals surface area contributed by atoms with Crippen molar-refractivity contribution in [2.24, 2.45) is 0 Å². The molecule has 0 saturated heterocycles. The molecule has 0 aliphatic heterocycles. The van der Waals surface area contributed by atoms with Crippen LogP contribution in [0.3, 0.4) is 0 Å². The van der Waals surface area contributed by atoms with Crippen LogP contribution in [0.4, 0.5) is 5.82 Å². The highest BCUT2D eigenvalue weighted by atomic mass is 15.4. The minimum absolute atomic E-state index is 0.575. The van der Waals surface area contributed by atoms with Crippen molar-refractivity contribution in [1.29, 1.82) is 0 Å². The zero-order valence-corrected chi connectivity index (χ0v) is 16.6. The number of benzene rings is 2. The van der Waals surface area contributed by atoms with E-state index in [0.717, 1.165) is 29.4 Å². The molecule has 3 aromatic heterocycles. The van der Waals surface area contributed by atoms with E-state index in [1.165, 1.54) is 11.9 Å².